The molecule has 3 rings (SSSR count). The van der Waals surface area contributed by atoms with Crippen LogP contribution < -0.4 is 10.6 Å². The van der Waals surface area contributed by atoms with E-state index in [1.165, 1.54) is 0 Å². The molecule has 1 amide bonds. The molecule has 2 aliphatic heterocycles. The zero-order valence-electron chi connectivity index (χ0n) is 14.6. The number of para-hydroxylation sites is 2. The van der Waals surface area contributed by atoms with Crippen LogP contribution in [0.15, 0.2) is 24.3 Å². The van der Waals surface area contributed by atoms with Crippen molar-refractivity contribution in [3.05, 3.63) is 24.3 Å². The molecule has 132 valence electrons. The van der Waals surface area contributed by atoms with Crippen molar-refractivity contribution in [3.63, 3.8) is 0 Å². The van der Waals surface area contributed by atoms with Crippen molar-refractivity contribution in [3.8, 4) is 0 Å². The van der Waals surface area contributed by atoms with Gasteiger partial charge in [-0.3, -0.25) is 4.79 Å². The Morgan fingerprint density at radius 3 is 2.67 bits per heavy atom. The van der Waals surface area contributed by atoms with E-state index in [9.17, 15) is 4.79 Å². The van der Waals surface area contributed by atoms with E-state index in [4.69, 9.17) is 4.74 Å². The zero-order valence-corrected chi connectivity index (χ0v) is 14.6. The lowest BCUT2D eigenvalue weighted by Gasteiger charge is -2.30. The monoisotopic (exact) mass is 331 g/mol. The van der Waals surface area contributed by atoms with Gasteiger partial charge in [-0.25, -0.2) is 0 Å². The predicted octanol–water partition coefficient (Wildman–Crippen LogP) is 3.09. The highest BCUT2D eigenvalue weighted by atomic mass is 16.5. The Morgan fingerprint density at radius 1 is 1.21 bits per heavy atom. The number of carbonyl (C=O) groups is 1. The van der Waals surface area contributed by atoms with Crippen LogP contribution in [0.5, 0.6) is 0 Å². The molecular weight excluding hydrogens is 302 g/mol. The fourth-order valence-electron chi connectivity index (χ4n) is 3.47. The van der Waals surface area contributed by atoms with E-state index in [1.54, 1.807) is 0 Å². The van der Waals surface area contributed by atoms with E-state index in [2.05, 4.69) is 22.6 Å². The molecule has 2 saturated heterocycles. The first-order chi connectivity index (χ1) is 11.7. The molecule has 0 aromatic heterocycles. The molecule has 2 aliphatic rings. The first-order valence-electron chi connectivity index (χ1n) is 9.16. The van der Waals surface area contributed by atoms with Gasteiger partial charge >= 0.3 is 0 Å². The second kappa shape index (κ2) is 8.49. The summed E-state index contributed by atoms with van der Waals surface area (Å²) in [5.74, 6) is 0.0723. The number of piperidine rings is 1. The third kappa shape index (κ3) is 4.95. The first kappa shape index (κ1) is 17.2. The summed E-state index contributed by atoms with van der Waals surface area (Å²) in [6, 6.07) is 8.48. The van der Waals surface area contributed by atoms with Gasteiger partial charge < -0.3 is 20.3 Å². The van der Waals surface area contributed by atoms with Crippen LogP contribution in [-0.4, -0.2) is 49.7 Å². The lowest BCUT2D eigenvalue weighted by Crippen LogP contribution is -2.36. The highest BCUT2D eigenvalue weighted by Gasteiger charge is 2.19. The van der Waals surface area contributed by atoms with Crippen molar-refractivity contribution in [2.24, 2.45) is 0 Å². The molecule has 2 heterocycles. The summed E-state index contributed by atoms with van der Waals surface area (Å²) >= 11 is 0. The Balaban J connectivity index is 1.52. The fraction of sp³-hybridized carbons (Fsp3) is 0.632. The molecule has 1 atom stereocenters. The minimum absolute atomic E-state index is 0.0723. The molecule has 0 spiro atoms. The zero-order chi connectivity index (χ0) is 16.8. The number of amides is 1. The Labute approximate surface area is 144 Å². The van der Waals surface area contributed by atoms with Crippen molar-refractivity contribution in [2.75, 3.05) is 37.4 Å². The van der Waals surface area contributed by atoms with Gasteiger partial charge in [-0.1, -0.05) is 12.1 Å². The minimum atomic E-state index is 0.0723. The minimum Gasteiger partial charge on any atom is -0.381 e. The van der Waals surface area contributed by atoms with Crippen LogP contribution in [0, 0.1) is 0 Å². The maximum Gasteiger partial charge on any atom is 0.224 e. The summed E-state index contributed by atoms with van der Waals surface area (Å²) in [6.45, 7) is 3.08. The molecule has 1 aromatic rings. The average Bonchev–Trinajstić information content (AvgIpc) is 3.10. The second-order valence-electron chi connectivity index (χ2n) is 6.99. The number of hydrogen-bond acceptors (Lipinski definition) is 4. The van der Waals surface area contributed by atoms with Gasteiger partial charge in [-0.05, 0) is 64.4 Å². The molecule has 5 heteroatoms. The van der Waals surface area contributed by atoms with Gasteiger partial charge in [0, 0.05) is 19.1 Å². The Bertz CT molecular complexity index is 535. The van der Waals surface area contributed by atoms with Gasteiger partial charge in [0.1, 0.15) is 0 Å². The van der Waals surface area contributed by atoms with Crippen molar-refractivity contribution in [2.45, 2.75) is 50.7 Å². The number of likely N-dealkylation sites (tertiary alicyclic amines) is 1. The number of nitrogens with one attached hydrogen (secondary N) is 2. The lowest BCUT2D eigenvalue weighted by molar-refractivity contribution is -0.116. The third-order valence-electron chi connectivity index (χ3n) is 5.00. The highest BCUT2D eigenvalue weighted by Crippen LogP contribution is 2.25. The number of ether oxygens (including phenoxy) is 1. The third-order valence-corrected chi connectivity index (χ3v) is 5.00. The summed E-state index contributed by atoms with van der Waals surface area (Å²) in [6.07, 6.45) is 6.08. The summed E-state index contributed by atoms with van der Waals surface area (Å²) in [5.41, 5.74) is 1.91. The molecule has 1 unspecified atom stereocenters. The summed E-state index contributed by atoms with van der Waals surface area (Å²) < 4.78 is 5.59. The van der Waals surface area contributed by atoms with Crippen LogP contribution in [0.25, 0.3) is 0 Å². The van der Waals surface area contributed by atoms with Crippen LogP contribution in [-0.2, 0) is 9.53 Å². The van der Waals surface area contributed by atoms with Gasteiger partial charge in [0.2, 0.25) is 5.91 Å². The van der Waals surface area contributed by atoms with Crippen LogP contribution in [0.4, 0.5) is 11.4 Å². The molecule has 0 aliphatic carbocycles. The predicted molar refractivity (Wildman–Crippen MR) is 97.4 cm³/mol. The number of rotatable bonds is 6. The van der Waals surface area contributed by atoms with Crippen molar-refractivity contribution < 1.29 is 9.53 Å². The van der Waals surface area contributed by atoms with Gasteiger partial charge in [0.25, 0.3) is 0 Å². The van der Waals surface area contributed by atoms with E-state index in [0.29, 0.717) is 12.5 Å². The first-order valence-corrected chi connectivity index (χ1v) is 9.16. The normalized spacial score (nSPS) is 22.5. The number of nitrogens with zero attached hydrogens (tertiary/aromatic N) is 1. The maximum absolute atomic E-state index is 12.3. The molecule has 5 nitrogen and oxygen atoms in total. The smallest absolute Gasteiger partial charge is 0.224 e. The SMILES string of the molecule is CN1CCC(Nc2ccccc2NC(=O)CCC2CCCO2)CC1. The fourth-order valence-corrected chi connectivity index (χ4v) is 3.47. The Morgan fingerprint density at radius 2 is 1.96 bits per heavy atom. The molecule has 2 N–H and O–H groups in total. The van der Waals surface area contributed by atoms with Gasteiger partial charge in [-0.2, -0.15) is 0 Å². The standard InChI is InChI=1S/C19H29N3O2/c1-22-12-10-15(11-13-22)20-17-6-2-3-7-18(17)21-19(23)9-8-16-5-4-14-24-16/h2-3,6-7,15-16,20H,4-5,8-14H2,1H3,(H,21,23). The molecule has 2 fully saturated rings. The summed E-state index contributed by atoms with van der Waals surface area (Å²) in [5, 5.41) is 6.67. The van der Waals surface area contributed by atoms with E-state index in [0.717, 1.165) is 63.2 Å². The second-order valence-corrected chi connectivity index (χ2v) is 6.99. The van der Waals surface area contributed by atoms with Gasteiger partial charge in [-0.15, -0.1) is 0 Å². The van der Waals surface area contributed by atoms with E-state index in [1.807, 2.05) is 24.3 Å². The lowest BCUT2D eigenvalue weighted by atomic mass is 10.0. The Hall–Kier alpha value is -1.59. The molecule has 0 radical (unpaired) electrons. The molecule has 0 saturated carbocycles. The van der Waals surface area contributed by atoms with Crippen LogP contribution in [0.2, 0.25) is 0 Å². The number of carbonyl (C=O) groups excluding carboxylic acids is 1. The topological polar surface area (TPSA) is 53.6 Å². The van der Waals surface area contributed by atoms with Crippen molar-refractivity contribution in [1.29, 1.82) is 0 Å². The average molecular weight is 331 g/mol. The molecule has 24 heavy (non-hydrogen) atoms. The van der Waals surface area contributed by atoms with E-state index < -0.39 is 0 Å². The van der Waals surface area contributed by atoms with E-state index in [-0.39, 0.29) is 12.0 Å². The van der Waals surface area contributed by atoms with Crippen LogP contribution in [0.3, 0.4) is 0 Å². The quantitative estimate of drug-likeness (QED) is 0.841. The number of anilines is 2. The van der Waals surface area contributed by atoms with Crippen LogP contribution >= 0.6 is 0 Å². The van der Waals surface area contributed by atoms with Crippen LogP contribution in [0.1, 0.15) is 38.5 Å². The summed E-state index contributed by atoms with van der Waals surface area (Å²) in [4.78, 5) is 14.6. The van der Waals surface area contributed by atoms with Gasteiger partial charge in [0.05, 0.1) is 17.5 Å². The van der Waals surface area contributed by atoms with Crippen molar-refractivity contribution >= 4 is 17.3 Å². The van der Waals surface area contributed by atoms with Gasteiger partial charge in [0.15, 0.2) is 0 Å². The highest BCUT2D eigenvalue weighted by molar-refractivity contribution is 5.94. The maximum atomic E-state index is 12.3. The molecular formula is C19H29N3O2. The number of hydrogen-bond donors (Lipinski definition) is 2. The molecule has 1 aromatic carbocycles. The number of benzene rings is 1. The Kier molecular flexibility index (Phi) is 6.10. The summed E-state index contributed by atoms with van der Waals surface area (Å²) in [7, 11) is 2.17. The molecule has 0 bridgehead atoms. The van der Waals surface area contributed by atoms with E-state index >= 15 is 0 Å². The van der Waals surface area contributed by atoms with Crippen molar-refractivity contribution in [1.82, 2.24) is 4.90 Å². The largest absolute Gasteiger partial charge is 0.381 e.